The van der Waals surface area contributed by atoms with Crippen LogP contribution in [0.3, 0.4) is 0 Å². The molecule has 0 aliphatic heterocycles. The van der Waals surface area contributed by atoms with Crippen LogP contribution in [0.15, 0.2) is 61.1 Å². The molecule has 5 aromatic heterocycles. The Bertz CT molecular complexity index is 1820. The third-order valence-corrected chi connectivity index (χ3v) is 6.66. The highest BCUT2D eigenvalue weighted by Crippen LogP contribution is 2.32. The Labute approximate surface area is 230 Å². The summed E-state index contributed by atoms with van der Waals surface area (Å²) < 4.78 is 14.6. The molecular weight excluding hydrogens is 507 g/mol. The molecular formula is C29H29FN10. The highest BCUT2D eigenvalue weighted by molar-refractivity contribution is 5.95. The van der Waals surface area contributed by atoms with Gasteiger partial charge in [-0.1, -0.05) is 0 Å². The summed E-state index contributed by atoms with van der Waals surface area (Å²) >= 11 is 0. The van der Waals surface area contributed by atoms with E-state index in [1.165, 1.54) is 12.1 Å². The minimum absolute atomic E-state index is 0.322. The van der Waals surface area contributed by atoms with Crippen LogP contribution in [0.2, 0.25) is 0 Å². The van der Waals surface area contributed by atoms with Gasteiger partial charge in [0.2, 0.25) is 0 Å². The Morgan fingerprint density at radius 3 is 2.65 bits per heavy atom. The molecule has 11 heteroatoms. The van der Waals surface area contributed by atoms with Crippen molar-refractivity contribution in [1.29, 1.82) is 0 Å². The normalized spacial score (nSPS) is 11.6. The lowest BCUT2D eigenvalue weighted by Gasteiger charge is -2.13. The molecule has 0 atom stereocenters. The van der Waals surface area contributed by atoms with Crippen molar-refractivity contribution in [3.63, 3.8) is 0 Å². The number of rotatable bonds is 8. The molecule has 0 amide bonds. The van der Waals surface area contributed by atoms with E-state index in [0.29, 0.717) is 40.4 Å². The van der Waals surface area contributed by atoms with E-state index < -0.39 is 0 Å². The van der Waals surface area contributed by atoms with Gasteiger partial charge >= 0.3 is 0 Å². The first-order chi connectivity index (χ1) is 19.4. The number of anilines is 2. The van der Waals surface area contributed by atoms with Crippen LogP contribution >= 0.6 is 0 Å². The molecule has 0 saturated heterocycles. The lowest BCUT2D eigenvalue weighted by Crippen LogP contribution is -2.20. The summed E-state index contributed by atoms with van der Waals surface area (Å²) in [6.07, 6.45) is 5.28. The molecule has 3 N–H and O–H groups in total. The number of imidazole rings is 1. The monoisotopic (exact) mass is 536 g/mol. The van der Waals surface area contributed by atoms with Crippen molar-refractivity contribution in [2.24, 2.45) is 0 Å². The Balaban J connectivity index is 1.39. The van der Waals surface area contributed by atoms with Crippen LogP contribution < -0.4 is 10.2 Å². The highest BCUT2D eigenvalue weighted by Gasteiger charge is 2.18. The lowest BCUT2D eigenvalue weighted by atomic mass is 10.0. The molecule has 0 aliphatic carbocycles. The molecule has 0 radical (unpaired) electrons. The Hall–Kier alpha value is -4.90. The number of nitrogens with zero attached hydrogens (tertiary/aromatic N) is 7. The molecule has 10 nitrogen and oxygen atoms in total. The second-order valence-corrected chi connectivity index (χ2v) is 10.1. The number of fused-ring (bicyclic) bond motifs is 2. The molecule has 1 aromatic carbocycles. The molecule has 0 fully saturated rings. The molecule has 6 aromatic rings. The maximum Gasteiger partial charge on any atom is 0.178 e. The highest BCUT2D eigenvalue weighted by atomic mass is 19.1. The first-order valence-corrected chi connectivity index (χ1v) is 12.9. The number of H-pyrrole nitrogens is 2. The predicted octanol–water partition coefficient (Wildman–Crippen LogP) is 4.80. The SMILES string of the molecule is CN(C)CCNc1cc(F)cc(-c2ccnc3nc(-c4n[nH]c5ccc(-c6cncc(N(C)C)c6)nc45)[nH]c23)c1. The van der Waals surface area contributed by atoms with Crippen LogP contribution in [0.4, 0.5) is 15.8 Å². The van der Waals surface area contributed by atoms with Crippen molar-refractivity contribution in [3.05, 3.63) is 66.9 Å². The molecule has 202 valence electrons. The van der Waals surface area contributed by atoms with Crippen LogP contribution in [-0.2, 0) is 0 Å². The zero-order chi connectivity index (χ0) is 27.8. The quantitative estimate of drug-likeness (QED) is 0.254. The van der Waals surface area contributed by atoms with Gasteiger partial charge in [-0.05, 0) is 62.1 Å². The van der Waals surface area contributed by atoms with Crippen LogP contribution in [0.5, 0.6) is 0 Å². The van der Waals surface area contributed by atoms with Crippen LogP contribution in [-0.4, -0.2) is 81.3 Å². The van der Waals surface area contributed by atoms with Gasteiger partial charge in [-0.25, -0.2) is 19.3 Å². The van der Waals surface area contributed by atoms with Gasteiger partial charge < -0.3 is 20.1 Å². The van der Waals surface area contributed by atoms with Crippen molar-refractivity contribution in [2.45, 2.75) is 0 Å². The molecule has 6 rings (SSSR count). The molecule has 0 unspecified atom stereocenters. The van der Waals surface area contributed by atoms with Crippen molar-refractivity contribution in [1.82, 2.24) is 40.0 Å². The van der Waals surface area contributed by atoms with Gasteiger partial charge in [-0.2, -0.15) is 5.10 Å². The minimum Gasteiger partial charge on any atom is -0.384 e. The third-order valence-electron chi connectivity index (χ3n) is 6.66. The molecule has 40 heavy (non-hydrogen) atoms. The Morgan fingerprint density at radius 1 is 0.950 bits per heavy atom. The van der Waals surface area contributed by atoms with E-state index in [-0.39, 0.29) is 5.82 Å². The number of aromatic amines is 2. The van der Waals surface area contributed by atoms with Crippen molar-refractivity contribution in [2.75, 3.05) is 51.5 Å². The first kappa shape index (κ1) is 25.4. The van der Waals surface area contributed by atoms with Crippen molar-refractivity contribution >= 4 is 33.6 Å². The minimum atomic E-state index is -0.322. The van der Waals surface area contributed by atoms with Gasteiger partial charge in [-0.3, -0.25) is 10.1 Å². The second kappa shape index (κ2) is 10.3. The smallest absolute Gasteiger partial charge is 0.178 e. The topological polar surface area (TPSA) is 115 Å². The van der Waals surface area contributed by atoms with E-state index in [9.17, 15) is 4.39 Å². The van der Waals surface area contributed by atoms with E-state index in [1.807, 2.05) is 69.6 Å². The second-order valence-electron chi connectivity index (χ2n) is 10.1. The number of pyridine rings is 3. The number of aromatic nitrogens is 7. The largest absolute Gasteiger partial charge is 0.384 e. The third kappa shape index (κ3) is 4.94. The maximum absolute atomic E-state index is 14.6. The van der Waals surface area contributed by atoms with Gasteiger partial charge in [0.25, 0.3) is 0 Å². The number of hydrogen-bond donors (Lipinski definition) is 3. The van der Waals surface area contributed by atoms with Gasteiger partial charge in [-0.15, -0.1) is 0 Å². The first-order valence-electron chi connectivity index (χ1n) is 12.9. The summed E-state index contributed by atoms with van der Waals surface area (Å²) in [5, 5.41) is 10.9. The fraction of sp³-hybridized carbons (Fsp3) is 0.207. The number of nitrogens with one attached hydrogen (secondary N) is 3. The average Bonchev–Trinajstić information content (AvgIpc) is 3.56. The zero-order valence-electron chi connectivity index (χ0n) is 22.7. The molecule has 0 saturated carbocycles. The molecule has 5 heterocycles. The average molecular weight is 537 g/mol. The summed E-state index contributed by atoms with van der Waals surface area (Å²) in [6, 6.07) is 12.7. The number of halogens is 1. The van der Waals surface area contributed by atoms with Gasteiger partial charge in [0.05, 0.1) is 28.6 Å². The van der Waals surface area contributed by atoms with E-state index in [4.69, 9.17) is 9.97 Å². The summed E-state index contributed by atoms with van der Waals surface area (Å²) in [7, 11) is 7.95. The van der Waals surface area contributed by atoms with E-state index in [0.717, 1.165) is 40.1 Å². The van der Waals surface area contributed by atoms with Gasteiger partial charge in [0.1, 0.15) is 11.3 Å². The zero-order valence-corrected chi connectivity index (χ0v) is 22.7. The van der Waals surface area contributed by atoms with E-state index in [2.05, 4.69) is 35.4 Å². The molecule has 0 aliphatic rings. The van der Waals surface area contributed by atoms with Crippen molar-refractivity contribution < 1.29 is 4.39 Å². The fourth-order valence-corrected chi connectivity index (χ4v) is 4.57. The van der Waals surface area contributed by atoms with Gasteiger partial charge in [0, 0.05) is 56.4 Å². The molecule has 0 spiro atoms. The summed E-state index contributed by atoms with van der Waals surface area (Å²) in [5.74, 6) is 0.198. The standard InChI is InChI=1S/C29H29FN10/c1-39(2)10-9-32-20-12-17(11-19(30)14-20)22-7-8-33-28-25(22)35-29(36-28)27-26-24(37-38-27)6-5-23(34-26)18-13-21(40(3)4)16-31-15-18/h5-8,11-16,32H,9-10H2,1-4H3,(H,37,38)(H,33,35,36). The summed E-state index contributed by atoms with van der Waals surface area (Å²) in [6.45, 7) is 1.53. The molecule has 0 bridgehead atoms. The van der Waals surface area contributed by atoms with Crippen LogP contribution in [0.25, 0.3) is 56.1 Å². The Kier molecular flexibility index (Phi) is 6.56. The summed E-state index contributed by atoms with van der Waals surface area (Å²) in [5.41, 5.74) is 8.10. The number of likely N-dealkylation sites (N-methyl/N-ethyl adjacent to an activating group) is 1. The number of benzene rings is 1. The number of hydrogen-bond acceptors (Lipinski definition) is 8. The van der Waals surface area contributed by atoms with E-state index in [1.54, 1.807) is 12.4 Å². The predicted molar refractivity (Wildman–Crippen MR) is 157 cm³/mol. The summed E-state index contributed by atoms with van der Waals surface area (Å²) in [4.78, 5) is 25.9. The fourth-order valence-electron chi connectivity index (χ4n) is 4.57. The van der Waals surface area contributed by atoms with Crippen molar-refractivity contribution in [3.8, 4) is 33.9 Å². The maximum atomic E-state index is 14.6. The Morgan fingerprint density at radius 2 is 1.82 bits per heavy atom. The van der Waals surface area contributed by atoms with Crippen LogP contribution in [0.1, 0.15) is 0 Å². The van der Waals surface area contributed by atoms with Gasteiger partial charge in [0.15, 0.2) is 17.2 Å². The lowest BCUT2D eigenvalue weighted by molar-refractivity contribution is 0.425. The van der Waals surface area contributed by atoms with E-state index >= 15 is 0 Å². The van der Waals surface area contributed by atoms with Crippen LogP contribution in [0, 0.1) is 5.82 Å².